The Labute approximate surface area is 120 Å². The van der Waals surface area contributed by atoms with E-state index in [1.807, 2.05) is 0 Å². The van der Waals surface area contributed by atoms with E-state index in [2.05, 4.69) is 26.6 Å². The third-order valence-electron chi connectivity index (χ3n) is 2.04. The molecule has 0 aliphatic heterocycles. The smallest absolute Gasteiger partial charge is 0.407 e. The van der Waals surface area contributed by atoms with E-state index in [1.165, 1.54) is 12.1 Å². The zero-order chi connectivity index (χ0) is 14.5. The van der Waals surface area contributed by atoms with Gasteiger partial charge in [0.05, 0.1) is 0 Å². The number of hydrogen-bond donors (Lipinski definition) is 2. The monoisotopic (exact) mass is 332 g/mol. The van der Waals surface area contributed by atoms with E-state index < -0.39 is 11.7 Å². The highest BCUT2D eigenvalue weighted by Crippen LogP contribution is 2.22. The molecular formula is C13H18BrFN2O2. The summed E-state index contributed by atoms with van der Waals surface area (Å²) in [5.41, 5.74) is 0.268. The van der Waals surface area contributed by atoms with Gasteiger partial charge in [-0.2, -0.15) is 0 Å². The lowest BCUT2D eigenvalue weighted by molar-refractivity contribution is 0.0530. The predicted octanol–water partition coefficient (Wildman–Crippen LogP) is 3.52. The first-order chi connectivity index (χ1) is 8.78. The summed E-state index contributed by atoms with van der Waals surface area (Å²) in [6.07, 6.45) is -0.451. The molecule has 0 atom stereocenters. The molecule has 0 heterocycles. The number of nitrogens with one attached hydrogen (secondary N) is 2. The number of rotatable bonds is 4. The summed E-state index contributed by atoms with van der Waals surface area (Å²) in [5.74, 6) is -0.302. The van der Waals surface area contributed by atoms with Crippen molar-refractivity contribution in [3.63, 3.8) is 0 Å². The van der Waals surface area contributed by atoms with Crippen molar-refractivity contribution < 1.29 is 13.9 Å². The SMILES string of the molecule is CC(C)(C)OC(=O)NCCNc1ccc(F)cc1Br. The van der Waals surface area contributed by atoms with Crippen LogP contribution in [-0.2, 0) is 4.74 Å². The predicted molar refractivity (Wildman–Crippen MR) is 76.8 cm³/mol. The number of carbonyl (C=O) groups excluding carboxylic acids is 1. The van der Waals surface area contributed by atoms with Crippen LogP contribution in [0.1, 0.15) is 20.8 Å². The minimum Gasteiger partial charge on any atom is -0.444 e. The zero-order valence-corrected chi connectivity index (χ0v) is 12.8. The van der Waals surface area contributed by atoms with E-state index in [-0.39, 0.29) is 5.82 Å². The van der Waals surface area contributed by atoms with Crippen LogP contribution in [0.5, 0.6) is 0 Å². The maximum atomic E-state index is 12.9. The van der Waals surface area contributed by atoms with Gasteiger partial charge in [0.15, 0.2) is 0 Å². The average Bonchev–Trinajstić information content (AvgIpc) is 2.24. The molecule has 0 saturated heterocycles. The average molecular weight is 333 g/mol. The van der Waals surface area contributed by atoms with Crippen LogP contribution >= 0.6 is 15.9 Å². The first-order valence-corrected chi connectivity index (χ1v) is 6.73. The lowest BCUT2D eigenvalue weighted by Crippen LogP contribution is -2.35. The van der Waals surface area contributed by atoms with Gasteiger partial charge in [0.1, 0.15) is 11.4 Å². The van der Waals surface area contributed by atoms with E-state index in [4.69, 9.17) is 4.74 Å². The van der Waals surface area contributed by atoms with Crippen molar-refractivity contribution in [2.45, 2.75) is 26.4 Å². The Balaban J connectivity index is 2.29. The molecule has 2 N–H and O–H groups in total. The molecule has 106 valence electrons. The fourth-order valence-corrected chi connectivity index (χ4v) is 1.80. The molecule has 0 aliphatic rings. The molecule has 4 nitrogen and oxygen atoms in total. The molecule has 1 aromatic carbocycles. The maximum absolute atomic E-state index is 12.9. The van der Waals surface area contributed by atoms with E-state index in [1.54, 1.807) is 26.8 Å². The van der Waals surface area contributed by atoms with Crippen LogP contribution in [0.4, 0.5) is 14.9 Å². The Morgan fingerprint density at radius 1 is 1.37 bits per heavy atom. The molecule has 0 fully saturated rings. The summed E-state index contributed by atoms with van der Waals surface area (Å²) in [6, 6.07) is 4.38. The highest BCUT2D eigenvalue weighted by atomic mass is 79.9. The fourth-order valence-electron chi connectivity index (χ4n) is 1.31. The Morgan fingerprint density at radius 3 is 2.63 bits per heavy atom. The Morgan fingerprint density at radius 2 is 2.05 bits per heavy atom. The van der Waals surface area contributed by atoms with Crippen molar-refractivity contribution in [3.05, 3.63) is 28.5 Å². The molecule has 1 aromatic rings. The van der Waals surface area contributed by atoms with Crippen LogP contribution in [0.25, 0.3) is 0 Å². The molecule has 0 spiro atoms. The van der Waals surface area contributed by atoms with Gasteiger partial charge < -0.3 is 15.4 Å². The van der Waals surface area contributed by atoms with Gasteiger partial charge in [0, 0.05) is 23.2 Å². The third kappa shape index (κ3) is 6.42. The maximum Gasteiger partial charge on any atom is 0.407 e. The van der Waals surface area contributed by atoms with E-state index in [0.717, 1.165) is 5.69 Å². The third-order valence-corrected chi connectivity index (χ3v) is 2.70. The summed E-state index contributed by atoms with van der Waals surface area (Å²) in [5, 5.41) is 5.70. The standard InChI is InChI=1S/C13H18BrFN2O2/c1-13(2,3)19-12(18)17-7-6-16-11-5-4-9(15)8-10(11)14/h4-5,8,16H,6-7H2,1-3H3,(H,17,18). The van der Waals surface area contributed by atoms with Gasteiger partial charge in [-0.3, -0.25) is 0 Å². The molecule has 0 unspecified atom stereocenters. The fraction of sp³-hybridized carbons (Fsp3) is 0.462. The van der Waals surface area contributed by atoms with Crippen molar-refractivity contribution in [1.29, 1.82) is 0 Å². The topological polar surface area (TPSA) is 50.4 Å². The molecule has 0 bridgehead atoms. The number of anilines is 1. The first-order valence-electron chi connectivity index (χ1n) is 5.94. The Bertz CT molecular complexity index is 447. The second-order valence-corrected chi connectivity index (χ2v) is 5.83. The van der Waals surface area contributed by atoms with Crippen LogP contribution in [0, 0.1) is 5.82 Å². The molecule has 0 aliphatic carbocycles. The number of ether oxygens (including phenoxy) is 1. The number of carbonyl (C=O) groups is 1. The van der Waals surface area contributed by atoms with Crippen LogP contribution in [-0.4, -0.2) is 24.8 Å². The Kier molecular flexibility index (Phi) is 5.60. The molecule has 1 amide bonds. The van der Waals surface area contributed by atoms with Crippen LogP contribution in [0.2, 0.25) is 0 Å². The normalized spacial score (nSPS) is 11.0. The van der Waals surface area contributed by atoms with Crippen LogP contribution in [0.15, 0.2) is 22.7 Å². The summed E-state index contributed by atoms with van der Waals surface area (Å²) < 4.78 is 18.6. The van der Waals surface area contributed by atoms with Crippen molar-refractivity contribution in [2.24, 2.45) is 0 Å². The molecule has 19 heavy (non-hydrogen) atoms. The van der Waals surface area contributed by atoms with Gasteiger partial charge in [-0.15, -0.1) is 0 Å². The lowest BCUT2D eigenvalue weighted by atomic mass is 10.2. The van der Waals surface area contributed by atoms with Crippen molar-refractivity contribution >= 4 is 27.7 Å². The van der Waals surface area contributed by atoms with Gasteiger partial charge in [-0.05, 0) is 54.9 Å². The highest BCUT2D eigenvalue weighted by Gasteiger charge is 2.15. The van der Waals surface area contributed by atoms with Crippen molar-refractivity contribution in [1.82, 2.24) is 5.32 Å². The van der Waals surface area contributed by atoms with Crippen molar-refractivity contribution in [2.75, 3.05) is 18.4 Å². The minimum absolute atomic E-state index is 0.302. The Hall–Kier alpha value is -1.30. The number of amides is 1. The number of alkyl carbamates (subject to hydrolysis) is 1. The second-order valence-electron chi connectivity index (χ2n) is 4.98. The van der Waals surface area contributed by atoms with Gasteiger partial charge in [0.2, 0.25) is 0 Å². The summed E-state index contributed by atoms with van der Waals surface area (Å²) in [4.78, 5) is 11.4. The molecule has 0 aromatic heterocycles. The molecular weight excluding hydrogens is 315 g/mol. The molecule has 0 radical (unpaired) electrons. The van der Waals surface area contributed by atoms with Gasteiger partial charge >= 0.3 is 6.09 Å². The largest absolute Gasteiger partial charge is 0.444 e. The first kappa shape index (κ1) is 15.8. The van der Waals surface area contributed by atoms with Gasteiger partial charge in [0.25, 0.3) is 0 Å². The molecule has 0 saturated carbocycles. The van der Waals surface area contributed by atoms with Crippen molar-refractivity contribution in [3.8, 4) is 0 Å². The summed E-state index contributed by atoms with van der Waals surface area (Å²) in [7, 11) is 0. The lowest BCUT2D eigenvalue weighted by Gasteiger charge is -2.19. The van der Waals surface area contributed by atoms with E-state index in [9.17, 15) is 9.18 Å². The van der Waals surface area contributed by atoms with Gasteiger partial charge in [-0.1, -0.05) is 0 Å². The number of halogens is 2. The van der Waals surface area contributed by atoms with Crippen LogP contribution in [0.3, 0.4) is 0 Å². The number of hydrogen-bond acceptors (Lipinski definition) is 3. The number of benzene rings is 1. The summed E-state index contributed by atoms with van der Waals surface area (Å²) >= 11 is 3.25. The zero-order valence-electron chi connectivity index (χ0n) is 11.2. The van der Waals surface area contributed by atoms with E-state index >= 15 is 0 Å². The minimum atomic E-state index is -0.502. The second kappa shape index (κ2) is 6.75. The van der Waals surface area contributed by atoms with Crippen LogP contribution < -0.4 is 10.6 Å². The molecule has 1 rings (SSSR count). The van der Waals surface area contributed by atoms with E-state index in [0.29, 0.717) is 17.6 Å². The summed E-state index contributed by atoms with van der Waals surface area (Å²) in [6.45, 7) is 6.35. The quantitative estimate of drug-likeness (QED) is 0.829. The highest BCUT2D eigenvalue weighted by molar-refractivity contribution is 9.10. The van der Waals surface area contributed by atoms with Gasteiger partial charge in [-0.25, -0.2) is 9.18 Å². The molecule has 6 heteroatoms.